The van der Waals surface area contributed by atoms with Crippen LogP contribution in [0.2, 0.25) is 0 Å². The predicted molar refractivity (Wildman–Crippen MR) is 117 cm³/mol. The summed E-state index contributed by atoms with van der Waals surface area (Å²) < 4.78 is 19.3. The van der Waals surface area contributed by atoms with Crippen molar-refractivity contribution in [1.29, 1.82) is 0 Å². The van der Waals surface area contributed by atoms with Crippen LogP contribution in [0.3, 0.4) is 0 Å². The van der Waals surface area contributed by atoms with E-state index in [1.807, 2.05) is 25.7 Å². The summed E-state index contributed by atoms with van der Waals surface area (Å²) in [5, 5.41) is 9.57. The molecule has 2 unspecified atom stereocenters. The molecule has 1 fully saturated rings. The SMILES string of the molecule is CCCC(CNC(=NC)NC1CCN(c2ncccc2F)C1)NC(=O)OC(C)(C)C. The second-order valence-electron chi connectivity index (χ2n) is 8.47. The van der Waals surface area contributed by atoms with Crippen molar-refractivity contribution in [2.45, 2.75) is 64.6 Å². The Morgan fingerprint density at radius 2 is 2.23 bits per heavy atom. The molecule has 2 atom stereocenters. The van der Waals surface area contributed by atoms with Crippen molar-refractivity contribution in [2.24, 2.45) is 4.99 Å². The van der Waals surface area contributed by atoms with Crippen molar-refractivity contribution < 1.29 is 13.9 Å². The van der Waals surface area contributed by atoms with Gasteiger partial charge in [0.05, 0.1) is 0 Å². The number of aromatic nitrogens is 1. The van der Waals surface area contributed by atoms with Crippen molar-refractivity contribution >= 4 is 17.9 Å². The Kier molecular flexibility index (Phi) is 8.68. The number of hydrogen-bond acceptors (Lipinski definition) is 5. The van der Waals surface area contributed by atoms with Crippen LogP contribution in [0, 0.1) is 5.82 Å². The maximum atomic E-state index is 14.0. The number of rotatable bonds is 7. The van der Waals surface area contributed by atoms with Crippen LogP contribution < -0.4 is 20.9 Å². The van der Waals surface area contributed by atoms with E-state index in [1.54, 1.807) is 19.3 Å². The molecule has 30 heavy (non-hydrogen) atoms. The number of anilines is 1. The third kappa shape index (κ3) is 7.68. The number of carbonyl (C=O) groups excluding carboxylic acids is 1. The minimum Gasteiger partial charge on any atom is -0.444 e. The van der Waals surface area contributed by atoms with E-state index in [-0.39, 0.29) is 17.9 Å². The number of nitrogens with one attached hydrogen (secondary N) is 3. The summed E-state index contributed by atoms with van der Waals surface area (Å²) in [6, 6.07) is 3.07. The first-order chi connectivity index (χ1) is 14.2. The van der Waals surface area contributed by atoms with Gasteiger partial charge in [0.15, 0.2) is 17.6 Å². The molecule has 168 valence electrons. The Morgan fingerprint density at radius 1 is 1.47 bits per heavy atom. The monoisotopic (exact) mass is 422 g/mol. The zero-order valence-electron chi connectivity index (χ0n) is 18.7. The number of amides is 1. The lowest BCUT2D eigenvalue weighted by atomic mass is 10.1. The summed E-state index contributed by atoms with van der Waals surface area (Å²) >= 11 is 0. The van der Waals surface area contributed by atoms with Gasteiger partial charge in [-0.1, -0.05) is 13.3 Å². The molecule has 3 N–H and O–H groups in total. The Labute approximate surface area is 178 Å². The Hall–Kier alpha value is -2.58. The van der Waals surface area contributed by atoms with Gasteiger partial charge in [-0.3, -0.25) is 4.99 Å². The number of aliphatic imine (C=N–C) groups is 1. The van der Waals surface area contributed by atoms with Crippen molar-refractivity contribution in [3.63, 3.8) is 0 Å². The highest BCUT2D eigenvalue weighted by Gasteiger charge is 2.26. The quantitative estimate of drug-likeness (QED) is 0.462. The molecular weight excluding hydrogens is 387 g/mol. The largest absolute Gasteiger partial charge is 0.444 e. The molecule has 2 rings (SSSR count). The zero-order valence-corrected chi connectivity index (χ0v) is 18.7. The molecule has 1 aliphatic rings. The van der Waals surface area contributed by atoms with E-state index in [9.17, 15) is 9.18 Å². The number of halogens is 1. The van der Waals surface area contributed by atoms with E-state index in [2.05, 4.69) is 32.9 Å². The normalized spacial score (nSPS) is 18.1. The minimum atomic E-state index is -0.534. The van der Waals surface area contributed by atoms with E-state index in [4.69, 9.17) is 4.74 Å². The van der Waals surface area contributed by atoms with Crippen LogP contribution in [0.4, 0.5) is 15.0 Å². The van der Waals surface area contributed by atoms with E-state index in [0.29, 0.717) is 24.9 Å². The van der Waals surface area contributed by atoms with Crippen molar-refractivity contribution in [3.05, 3.63) is 24.1 Å². The molecule has 0 saturated carbocycles. The van der Waals surface area contributed by atoms with Crippen LogP contribution in [0.25, 0.3) is 0 Å². The van der Waals surface area contributed by atoms with Gasteiger partial charge in [-0.25, -0.2) is 14.2 Å². The molecule has 1 saturated heterocycles. The smallest absolute Gasteiger partial charge is 0.407 e. The first-order valence-electron chi connectivity index (χ1n) is 10.5. The highest BCUT2D eigenvalue weighted by molar-refractivity contribution is 5.80. The lowest BCUT2D eigenvalue weighted by molar-refractivity contribution is 0.0502. The topological polar surface area (TPSA) is 90.9 Å². The summed E-state index contributed by atoms with van der Waals surface area (Å²) in [7, 11) is 1.70. The second kappa shape index (κ2) is 11.0. The van der Waals surface area contributed by atoms with E-state index in [0.717, 1.165) is 25.8 Å². The van der Waals surface area contributed by atoms with Crippen molar-refractivity contribution in [2.75, 3.05) is 31.6 Å². The van der Waals surface area contributed by atoms with Gasteiger partial charge in [0.25, 0.3) is 0 Å². The number of alkyl carbamates (subject to hydrolysis) is 1. The summed E-state index contributed by atoms with van der Waals surface area (Å²) in [5.41, 5.74) is -0.534. The van der Waals surface area contributed by atoms with Crippen molar-refractivity contribution in [1.82, 2.24) is 20.9 Å². The van der Waals surface area contributed by atoms with Gasteiger partial charge in [-0.2, -0.15) is 0 Å². The maximum absolute atomic E-state index is 14.0. The highest BCUT2D eigenvalue weighted by atomic mass is 19.1. The Morgan fingerprint density at radius 3 is 2.87 bits per heavy atom. The first-order valence-corrected chi connectivity index (χ1v) is 10.5. The van der Waals surface area contributed by atoms with E-state index in [1.165, 1.54) is 6.07 Å². The Balaban J connectivity index is 1.84. The molecule has 1 aromatic rings. The molecule has 0 radical (unpaired) electrons. The summed E-state index contributed by atoms with van der Waals surface area (Å²) in [4.78, 5) is 22.5. The summed E-state index contributed by atoms with van der Waals surface area (Å²) in [6.45, 7) is 9.48. The van der Waals surface area contributed by atoms with Gasteiger partial charge < -0.3 is 25.6 Å². The molecule has 0 bridgehead atoms. The average Bonchev–Trinajstić information content (AvgIpc) is 3.12. The predicted octanol–water partition coefficient (Wildman–Crippen LogP) is 2.66. The summed E-state index contributed by atoms with van der Waals surface area (Å²) in [5.74, 6) is 0.723. The standard InChI is InChI=1S/C21H35FN6O2/c1-6-8-15(27-20(29)30-21(2,3)4)13-25-19(23-5)26-16-10-12-28(14-16)18-17(22)9-7-11-24-18/h7,9,11,15-16H,6,8,10,12-14H2,1-5H3,(H,27,29)(H2,23,25,26). The third-order valence-electron chi connectivity index (χ3n) is 4.67. The highest BCUT2D eigenvalue weighted by Crippen LogP contribution is 2.20. The lowest BCUT2D eigenvalue weighted by Crippen LogP contribution is -2.50. The molecule has 1 aliphatic heterocycles. The minimum absolute atomic E-state index is 0.0777. The second-order valence-corrected chi connectivity index (χ2v) is 8.47. The Bertz CT molecular complexity index is 722. The fourth-order valence-electron chi connectivity index (χ4n) is 3.34. The van der Waals surface area contributed by atoms with Crippen LogP contribution in [0.15, 0.2) is 23.3 Å². The van der Waals surface area contributed by atoms with Gasteiger partial charge in [0.2, 0.25) is 0 Å². The van der Waals surface area contributed by atoms with Crippen LogP contribution in [-0.2, 0) is 4.74 Å². The molecule has 8 nitrogen and oxygen atoms in total. The van der Waals surface area contributed by atoms with Crippen LogP contribution in [-0.4, -0.2) is 61.4 Å². The first kappa shape index (κ1) is 23.7. The molecule has 0 spiro atoms. The molecule has 2 heterocycles. The van der Waals surface area contributed by atoms with Crippen molar-refractivity contribution in [3.8, 4) is 0 Å². The molecule has 0 aromatic carbocycles. The van der Waals surface area contributed by atoms with E-state index < -0.39 is 11.7 Å². The van der Waals surface area contributed by atoms with Gasteiger partial charge in [-0.05, 0) is 45.7 Å². The van der Waals surface area contributed by atoms with Crippen LogP contribution >= 0.6 is 0 Å². The number of hydrogen-bond donors (Lipinski definition) is 3. The number of carbonyl (C=O) groups is 1. The maximum Gasteiger partial charge on any atom is 0.407 e. The van der Waals surface area contributed by atoms with Gasteiger partial charge in [-0.15, -0.1) is 0 Å². The summed E-state index contributed by atoms with van der Waals surface area (Å²) in [6.07, 6.45) is 3.78. The molecule has 1 amide bonds. The fourth-order valence-corrected chi connectivity index (χ4v) is 3.34. The number of guanidine groups is 1. The number of nitrogens with zero attached hydrogens (tertiary/aromatic N) is 3. The van der Waals surface area contributed by atoms with Gasteiger partial charge in [0.1, 0.15) is 5.60 Å². The molecule has 9 heteroatoms. The fraction of sp³-hybridized carbons (Fsp3) is 0.667. The third-order valence-corrected chi connectivity index (χ3v) is 4.67. The van der Waals surface area contributed by atoms with Gasteiger partial charge in [0, 0.05) is 45.0 Å². The number of pyridine rings is 1. The zero-order chi connectivity index (χ0) is 22.1. The van der Waals surface area contributed by atoms with E-state index >= 15 is 0 Å². The average molecular weight is 423 g/mol. The lowest BCUT2D eigenvalue weighted by Gasteiger charge is -2.25. The number of ether oxygens (including phenoxy) is 1. The van der Waals surface area contributed by atoms with Crippen LogP contribution in [0.1, 0.15) is 47.0 Å². The molecule has 1 aromatic heterocycles. The van der Waals surface area contributed by atoms with Crippen LogP contribution in [0.5, 0.6) is 0 Å². The molecular formula is C21H35FN6O2. The van der Waals surface area contributed by atoms with Gasteiger partial charge >= 0.3 is 6.09 Å². The molecule has 0 aliphatic carbocycles.